The van der Waals surface area contributed by atoms with Crippen molar-refractivity contribution in [1.29, 1.82) is 0 Å². The first-order valence-electron chi connectivity index (χ1n) is 8.87. The van der Waals surface area contributed by atoms with Crippen molar-refractivity contribution in [3.8, 4) is 0 Å². The smallest absolute Gasteiger partial charge is 0.410 e. The van der Waals surface area contributed by atoms with Crippen LogP contribution in [-0.4, -0.2) is 52.7 Å². The molecule has 6 nitrogen and oxygen atoms in total. The molecule has 1 atom stereocenters. The third-order valence-electron chi connectivity index (χ3n) is 4.44. The molecule has 140 valence electrons. The number of likely N-dealkylation sites (N-methyl/N-ethyl adjacent to an activating group) is 1. The fourth-order valence-corrected chi connectivity index (χ4v) is 3.40. The molecule has 26 heavy (non-hydrogen) atoms. The number of carbonyl (C=O) groups excluding carboxylic acids is 1. The summed E-state index contributed by atoms with van der Waals surface area (Å²) in [6.07, 6.45) is 1.60. The number of halogens is 1. The van der Waals surface area contributed by atoms with Gasteiger partial charge in [-0.1, -0.05) is 23.7 Å². The SMILES string of the molecule is CN(c1nc2ccccc2nc1Cl)[C@@H]1CCCN(C(=O)OC(C)(C)C)C1. The van der Waals surface area contributed by atoms with Crippen LogP contribution < -0.4 is 4.90 Å². The molecule has 1 aromatic heterocycles. The van der Waals surface area contributed by atoms with Gasteiger partial charge in [0.15, 0.2) is 11.0 Å². The number of para-hydroxylation sites is 2. The maximum absolute atomic E-state index is 12.4. The van der Waals surface area contributed by atoms with E-state index in [0.29, 0.717) is 24.1 Å². The summed E-state index contributed by atoms with van der Waals surface area (Å²) in [5.41, 5.74) is 1.08. The summed E-state index contributed by atoms with van der Waals surface area (Å²) in [4.78, 5) is 25.3. The monoisotopic (exact) mass is 376 g/mol. The Kier molecular flexibility index (Phi) is 5.23. The number of fused-ring (bicyclic) bond motifs is 1. The first-order valence-corrected chi connectivity index (χ1v) is 9.25. The number of hydrogen-bond acceptors (Lipinski definition) is 5. The van der Waals surface area contributed by atoms with Gasteiger partial charge in [-0.15, -0.1) is 0 Å². The van der Waals surface area contributed by atoms with Gasteiger partial charge < -0.3 is 14.5 Å². The Balaban J connectivity index is 1.78. The van der Waals surface area contributed by atoms with Crippen molar-refractivity contribution in [1.82, 2.24) is 14.9 Å². The zero-order valence-electron chi connectivity index (χ0n) is 15.7. The van der Waals surface area contributed by atoms with Gasteiger partial charge >= 0.3 is 6.09 Å². The Morgan fingerprint density at radius 3 is 2.58 bits per heavy atom. The number of piperidine rings is 1. The van der Waals surface area contributed by atoms with Gasteiger partial charge in [0, 0.05) is 26.2 Å². The first-order chi connectivity index (χ1) is 12.2. The predicted molar refractivity (Wildman–Crippen MR) is 104 cm³/mol. The molecule has 2 aromatic rings. The van der Waals surface area contributed by atoms with Crippen molar-refractivity contribution >= 4 is 34.5 Å². The van der Waals surface area contributed by atoms with E-state index in [9.17, 15) is 4.79 Å². The minimum Gasteiger partial charge on any atom is -0.444 e. The topological polar surface area (TPSA) is 58.6 Å². The number of nitrogens with zero attached hydrogens (tertiary/aromatic N) is 4. The third kappa shape index (κ3) is 4.18. The Hall–Kier alpha value is -2.08. The average molecular weight is 377 g/mol. The number of ether oxygens (including phenoxy) is 1. The second-order valence-corrected chi connectivity index (χ2v) is 8.02. The zero-order valence-corrected chi connectivity index (χ0v) is 16.5. The number of anilines is 1. The molecule has 0 aliphatic carbocycles. The second-order valence-electron chi connectivity index (χ2n) is 7.66. The summed E-state index contributed by atoms with van der Waals surface area (Å²) in [7, 11) is 1.95. The van der Waals surface area contributed by atoms with E-state index in [0.717, 1.165) is 23.9 Å². The average Bonchev–Trinajstić information content (AvgIpc) is 2.59. The lowest BCUT2D eigenvalue weighted by Crippen LogP contribution is -2.50. The number of amides is 1. The number of benzene rings is 1. The van der Waals surface area contributed by atoms with Crippen LogP contribution in [0.25, 0.3) is 11.0 Å². The molecule has 1 aliphatic heterocycles. The van der Waals surface area contributed by atoms with Crippen LogP contribution in [-0.2, 0) is 4.74 Å². The molecule has 1 saturated heterocycles. The summed E-state index contributed by atoms with van der Waals surface area (Å²) in [6, 6.07) is 7.77. The largest absolute Gasteiger partial charge is 0.444 e. The van der Waals surface area contributed by atoms with Crippen molar-refractivity contribution in [3.63, 3.8) is 0 Å². The molecule has 0 bridgehead atoms. The summed E-state index contributed by atoms with van der Waals surface area (Å²) < 4.78 is 5.51. The molecule has 3 rings (SSSR count). The van der Waals surface area contributed by atoms with Crippen molar-refractivity contribution in [2.24, 2.45) is 0 Å². The molecule has 7 heteroatoms. The number of aromatic nitrogens is 2. The predicted octanol–water partition coefficient (Wildman–Crippen LogP) is 4.12. The molecule has 2 heterocycles. The van der Waals surface area contributed by atoms with Crippen LogP contribution >= 0.6 is 11.6 Å². The standard InChI is InChI=1S/C19H25ClN4O2/c1-19(2,3)26-18(25)24-11-7-8-13(12-24)23(4)17-16(20)21-14-9-5-6-10-15(14)22-17/h5-6,9-10,13H,7-8,11-12H2,1-4H3/t13-/m1/s1. The van der Waals surface area contributed by atoms with E-state index in [2.05, 4.69) is 9.97 Å². The lowest BCUT2D eigenvalue weighted by Gasteiger charge is -2.38. The summed E-state index contributed by atoms with van der Waals surface area (Å²) in [6.45, 7) is 6.92. The van der Waals surface area contributed by atoms with Crippen molar-refractivity contribution in [3.05, 3.63) is 29.4 Å². The minimum atomic E-state index is -0.497. The van der Waals surface area contributed by atoms with Crippen LogP contribution in [0.3, 0.4) is 0 Å². The van der Waals surface area contributed by atoms with Gasteiger partial charge in [-0.25, -0.2) is 14.8 Å². The van der Waals surface area contributed by atoms with Gasteiger partial charge in [0.05, 0.1) is 11.0 Å². The quantitative estimate of drug-likeness (QED) is 0.789. The minimum absolute atomic E-state index is 0.115. The Morgan fingerprint density at radius 1 is 1.27 bits per heavy atom. The number of likely N-dealkylation sites (tertiary alicyclic amines) is 1. The summed E-state index contributed by atoms with van der Waals surface area (Å²) in [5.74, 6) is 0.640. The van der Waals surface area contributed by atoms with E-state index < -0.39 is 5.60 Å². The first kappa shape index (κ1) is 18.7. The van der Waals surface area contributed by atoms with Crippen molar-refractivity contribution in [2.75, 3.05) is 25.0 Å². The van der Waals surface area contributed by atoms with Gasteiger partial charge in [-0.05, 0) is 45.7 Å². The van der Waals surface area contributed by atoms with E-state index in [1.54, 1.807) is 4.90 Å². The maximum atomic E-state index is 12.4. The van der Waals surface area contributed by atoms with Crippen LogP contribution in [0.5, 0.6) is 0 Å². The number of rotatable bonds is 2. The Labute approximate surface area is 159 Å². The van der Waals surface area contributed by atoms with E-state index in [-0.39, 0.29) is 12.1 Å². The highest BCUT2D eigenvalue weighted by atomic mass is 35.5. The van der Waals surface area contributed by atoms with Crippen LogP contribution in [0.4, 0.5) is 10.6 Å². The van der Waals surface area contributed by atoms with Gasteiger partial charge in [-0.2, -0.15) is 0 Å². The molecule has 1 fully saturated rings. The van der Waals surface area contributed by atoms with Crippen molar-refractivity contribution < 1.29 is 9.53 Å². The molecule has 0 saturated carbocycles. The Morgan fingerprint density at radius 2 is 1.92 bits per heavy atom. The fraction of sp³-hybridized carbons (Fsp3) is 0.526. The van der Waals surface area contributed by atoms with Gasteiger partial charge in [0.2, 0.25) is 0 Å². The van der Waals surface area contributed by atoms with E-state index in [1.807, 2.05) is 57.0 Å². The summed E-state index contributed by atoms with van der Waals surface area (Å²) >= 11 is 6.38. The third-order valence-corrected chi connectivity index (χ3v) is 4.69. The van der Waals surface area contributed by atoms with Gasteiger partial charge in [-0.3, -0.25) is 0 Å². The van der Waals surface area contributed by atoms with Crippen LogP contribution in [0, 0.1) is 0 Å². The van der Waals surface area contributed by atoms with Gasteiger partial charge in [0.1, 0.15) is 5.60 Å². The lowest BCUT2D eigenvalue weighted by molar-refractivity contribution is 0.0199. The molecule has 0 spiro atoms. The molecule has 1 aliphatic rings. The summed E-state index contributed by atoms with van der Waals surface area (Å²) in [5, 5.41) is 0.376. The molecule has 0 N–H and O–H groups in total. The number of carbonyl (C=O) groups is 1. The highest BCUT2D eigenvalue weighted by Gasteiger charge is 2.30. The van der Waals surface area contributed by atoms with Crippen molar-refractivity contribution in [2.45, 2.75) is 45.3 Å². The van der Waals surface area contributed by atoms with Gasteiger partial charge in [0.25, 0.3) is 0 Å². The zero-order chi connectivity index (χ0) is 18.9. The molecule has 0 radical (unpaired) electrons. The maximum Gasteiger partial charge on any atom is 0.410 e. The molecule has 0 unspecified atom stereocenters. The highest BCUT2D eigenvalue weighted by molar-refractivity contribution is 6.32. The van der Waals surface area contributed by atoms with E-state index >= 15 is 0 Å². The lowest BCUT2D eigenvalue weighted by atomic mass is 10.0. The van der Waals surface area contributed by atoms with Crippen LogP contribution in [0.15, 0.2) is 24.3 Å². The molecule has 1 amide bonds. The molecule has 1 aromatic carbocycles. The number of hydrogen-bond donors (Lipinski definition) is 0. The van der Waals surface area contributed by atoms with E-state index in [4.69, 9.17) is 16.3 Å². The second kappa shape index (κ2) is 7.27. The van der Waals surface area contributed by atoms with Crippen LogP contribution in [0.1, 0.15) is 33.6 Å². The normalized spacial score (nSPS) is 18.0. The Bertz CT molecular complexity index is 806. The highest BCUT2D eigenvalue weighted by Crippen LogP contribution is 2.28. The molecular weight excluding hydrogens is 352 g/mol. The fourth-order valence-electron chi connectivity index (χ4n) is 3.13. The van der Waals surface area contributed by atoms with E-state index in [1.165, 1.54) is 0 Å². The molecular formula is C19H25ClN4O2. The van der Waals surface area contributed by atoms with Crippen LogP contribution in [0.2, 0.25) is 5.15 Å².